The number of hydrogen-bond acceptors (Lipinski definition) is 2. The summed E-state index contributed by atoms with van der Waals surface area (Å²) in [6.07, 6.45) is 1.25. The molecule has 0 unspecified atom stereocenters. The maximum Gasteiger partial charge on any atom is 0.247 e. The Morgan fingerprint density at radius 2 is 2.14 bits per heavy atom. The van der Waals surface area contributed by atoms with Crippen molar-refractivity contribution in [2.24, 2.45) is 0 Å². The smallest absolute Gasteiger partial charge is 0.247 e. The van der Waals surface area contributed by atoms with E-state index in [0.717, 1.165) is 16.9 Å². The van der Waals surface area contributed by atoms with E-state index in [-0.39, 0.29) is 5.91 Å². The Balaban J connectivity index is 2.96. The van der Waals surface area contributed by atoms with E-state index in [1.807, 2.05) is 32.2 Å². The first kappa shape index (κ1) is 10.3. The molecule has 2 N–H and O–H groups in total. The van der Waals surface area contributed by atoms with Crippen LogP contribution in [0.5, 0.6) is 0 Å². The Morgan fingerprint density at radius 1 is 1.43 bits per heavy atom. The second kappa shape index (κ2) is 4.46. The minimum Gasteiger partial charge on any atom is -0.386 e. The van der Waals surface area contributed by atoms with Crippen LogP contribution in [0.1, 0.15) is 5.56 Å². The second-order valence-electron chi connectivity index (χ2n) is 2.99. The Labute approximate surface area is 83.8 Å². The Kier molecular flexibility index (Phi) is 3.29. The molecule has 0 radical (unpaired) electrons. The highest BCUT2D eigenvalue weighted by molar-refractivity contribution is 6.01. The number of carbonyl (C=O) groups excluding carboxylic acids is 1. The highest BCUT2D eigenvalue weighted by Gasteiger charge is 2.02. The molecule has 0 saturated heterocycles. The van der Waals surface area contributed by atoms with Crippen molar-refractivity contribution in [3.8, 4) is 0 Å². The lowest BCUT2D eigenvalue weighted by molar-refractivity contribution is -0.111. The van der Waals surface area contributed by atoms with Gasteiger partial charge in [0.2, 0.25) is 5.91 Å². The molecule has 1 aromatic carbocycles. The SMILES string of the molecule is C=CC(=O)Nc1ccc(C)cc1NC. The Bertz CT molecular complexity index is 358. The van der Waals surface area contributed by atoms with Crippen LogP contribution >= 0.6 is 0 Å². The lowest BCUT2D eigenvalue weighted by atomic mass is 10.2. The molecule has 0 aliphatic carbocycles. The fourth-order valence-electron chi connectivity index (χ4n) is 1.16. The molecule has 0 aromatic heterocycles. The first-order chi connectivity index (χ1) is 6.67. The third-order valence-electron chi connectivity index (χ3n) is 1.89. The van der Waals surface area contributed by atoms with Crippen molar-refractivity contribution in [1.82, 2.24) is 0 Å². The van der Waals surface area contributed by atoms with E-state index < -0.39 is 0 Å². The fourth-order valence-corrected chi connectivity index (χ4v) is 1.16. The molecule has 1 amide bonds. The summed E-state index contributed by atoms with van der Waals surface area (Å²) in [6.45, 7) is 5.40. The van der Waals surface area contributed by atoms with Crippen LogP contribution in [0, 0.1) is 6.92 Å². The average molecular weight is 190 g/mol. The number of rotatable bonds is 3. The Morgan fingerprint density at radius 3 is 2.71 bits per heavy atom. The zero-order chi connectivity index (χ0) is 10.6. The summed E-state index contributed by atoms with van der Waals surface area (Å²) in [7, 11) is 1.82. The summed E-state index contributed by atoms with van der Waals surface area (Å²) in [5, 5.41) is 5.74. The number of hydrogen-bond donors (Lipinski definition) is 2. The largest absolute Gasteiger partial charge is 0.386 e. The van der Waals surface area contributed by atoms with Crippen molar-refractivity contribution >= 4 is 17.3 Å². The van der Waals surface area contributed by atoms with Crippen LogP contribution in [-0.4, -0.2) is 13.0 Å². The van der Waals surface area contributed by atoms with E-state index in [4.69, 9.17) is 0 Å². The maximum absolute atomic E-state index is 11.1. The van der Waals surface area contributed by atoms with Gasteiger partial charge in [0.15, 0.2) is 0 Å². The third-order valence-corrected chi connectivity index (χ3v) is 1.89. The molecule has 0 heterocycles. The summed E-state index contributed by atoms with van der Waals surface area (Å²) < 4.78 is 0. The average Bonchev–Trinajstić information content (AvgIpc) is 2.20. The van der Waals surface area contributed by atoms with Gasteiger partial charge in [0.25, 0.3) is 0 Å². The van der Waals surface area contributed by atoms with Gasteiger partial charge in [-0.3, -0.25) is 4.79 Å². The summed E-state index contributed by atoms with van der Waals surface area (Å²) in [4.78, 5) is 11.1. The van der Waals surface area contributed by atoms with Gasteiger partial charge < -0.3 is 10.6 Å². The molecule has 0 spiro atoms. The summed E-state index contributed by atoms with van der Waals surface area (Å²) in [6, 6.07) is 5.78. The quantitative estimate of drug-likeness (QED) is 0.717. The second-order valence-corrected chi connectivity index (χ2v) is 2.99. The van der Waals surface area contributed by atoms with E-state index in [2.05, 4.69) is 17.2 Å². The predicted molar refractivity (Wildman–Crippen MR) is 59.6 cm³/mol. The molecule has 14 heavy (non-hydrogen) atoms. The maximum atomic E-state index is 11.1. The number of anilines is 2. The van der Waals surface area contributed by atoms with Gasteiger partial charge >= 0.3 is 0 Å². The Hall–Kier alpha value is -1.77. The monoisotopic (exact) mass is 190 g/mol. The van der Waals surface area contributed by atoms with Crippen LogP contribution in [0.15, 0.2) is 30.9 Å². The van der Waals surface area contributed by atoms with Crippen molar-refractivity contribution in [2.45, 2.75) is 6.92 Å². The molecule has 1 aromatic rings. The molecule has 74 valence electrons. The lowest BCUT2D eigenvalue weighted by Crippen LogP contribution is -2.09. The van der Waals surface area contributed by atoms with Gasteiger partial charge in [0, 0.05) is 7.05 Å². The molecular formula is C11H14N2O. The van der Waals surface area contributed by atoms with Crippen molar-refractivity contribution in [3.05, 3.63) is 36.4 Å². The van der Waals surface area contributed by atoms with Gasteiger partial charge in [-0.25, -0.2) is 0 Å². The van der Waals surface area contributed by atoms with E-state index in [0.29, 0.717) is 0 Å². The molecule has 0 aliphatic heterocycles. The highest BCUT2D eigenvalue weighted by Crippen LogP contribution is 2.22. The summed E-state index contributed by atoms with van der Waals surface area (Å²) in [5.74, 6) is -0.203. The van der Waals surface area contributed by atoms with Gasteiger partial charge in [0.1, 0.15) is 0 Å². The van der Waals surface area contributed by atoms with Crippen LogP contribution < -0.4 is 10.6 Å². The predicted octanol–water partition coefficient (Wildman–Crippen LogP) is 2.16. The minimum atomic E-state index is -0.203. The van der Waals surface area contributed by atoms with E-state index in [9.17, 15) is 4.79 Å². The van der Waals surface area contributed by atoms with Crippen molar-refractivity contribution < 1.29 is 4.79 Å². The number of benzene rings is 1. The van der Waals surface area contributed by atoms with Gasteiger partial charge in [-0.2, -0.15) is 0 Å². The zero-order valence-electron chi connectivity index (χ0n) is 8.42. The molecule has 3 nitrogen and oxygen atoms in total. The first-order valence-corrected chi connectivity index (χ1v) is 4.39. The van der Waals surface area contributed by atoms with Crippen molar-refractivity contribution in [1.29, 1.82) is 0 Å². The van der Waals surface area contributed by atoms with Crippen LogP contribution in [0.2, 0.25) is 0 Å². The molecule has 0 aliphatic rings. The van der Waals surface area contributed by atoms with E-state index >= 15 is 0 Å². The van der Waals surface area contributed by atoms with Crippen molar-refractivity contribution in [2.75, 3.05) is 17.7 Å². The van der Waals surface area contributed by atoms with Crippen LogP contribution in [0.25, 0.3) is 0 Å². The van der Waals surface area contributed by atoms with Gasteiger partial charge in [-0.05, 0) is 30.7 Å². The lowest BCUT2D eigenvalue weighted by Gasteiger charge is -2.09. The minimum absolute atomic E-state index is 0.203. The number of carbonyl (C=O) groups is 1. The molecule has 3 heteroatoms. The van der Waals surface area contributed by atoms with Crippen LogP contribution in [0.3, 0.4) is 0 Å². The van der Waals surface area contributed by atoms with E-state index in [1.54, 1.807) is 0 Å². The number of aryl methyl sites for hydroxylation is 1. The zero-order valence-corrected chi connectivity index (χ0v) is 8.42. The highest BCUT2D eigenvalue weighted by atomic mass is 16.1. The topological polar surface area (TPSA) is 41.1 Å². The molecule has 0 atom stereocenters. The summed E-state index contributed by atoms with van der Waals surface area (Å²) in [5.41, 5.74) is 2.81. The van der Waals surface area contributed by atoms with E-state index in [1.165, 1.54) is 6.08 Å². The van der Waals surface area contributed by atoms with Crippen LogP contribution in [-0.2, 0) is 4.79 Å². The standard InChI is InChI=1S/C11H14N2O/c1-4-11(14)13-9-6-5-8(2)7-10(9)12-3/h4-7,12H,1H2,2-3H3,(H,13,14). The number of amides is 1. The fraction of sp³-hybridized carbons (Fsp3) is 0.182. The molecule has 0 bridgehead atoms. The third kappa shape index (κ3) is 2.36. The molecule has 0 fully saturated rings. The van der Waals surface area contributed by atoms with Crippen molar-refractivity contribution in [3.63, 3.8) is 0 Å². The van der Waals surface area contributed by atoms with Gasteiger partial charge in [0.05, 0.1) is 11.4 Å². The first-order valence-electron chi connectivity index (χ1n) is 4.39. The summed E-state index contributed by atoms with van der Waals surface area (Å²) >= 11 is 0. The van der Waals surface area contributed by atoms with Crippen LogP contribution in [0.4, 0.5) is 11.4 Å². The number of nitrogens with one attached hydrogen (secondary N) is 2. The van der Waals surface area contributed by atoms with Gasteiger partial charge in [-0.1, -0.05) is 12.6 Å². The molecular weight excluding hydrogens is 176 g/mol. The molecule has 0 saturated carbocycles. The normalized spacial score (nSPS) is 9.29. The van der Waals surface area contributed by atoms with Gasteiger partial charge in [-0.15, -0.1) is 0 Å². The molecule has 1 rings (SSSR count).